The summed E-state index contributed by atoms with van der Waals surface area (Å²) >= 11 is 5.35. The normalized spacial score (nSPS) is 14.1. The van der Waals surface area contributed by atoms with Crippen LogP contribution in [0.4, 0.5) is 0 Å². The quantitative estimate of drug-likeness (QED) is 0.483. The van der Waals surface area contributed by atoms with Crippen molar-refractivity contribution in [3.8, 4) is 0 Å². The second-order valence-corrected chi connectivity index (χ2v) is 2.25. The smallest absolute Gasteiger partial charge is 0.159 e. The molecular formula is C6H13ClO3. The Bertz CT molecular complexity index is 75.4. The van der Waals surface area contributed by atoms with E-state index in [4.69, 9.17) is 26.2 Å². The van der Waals surface area contributed by atoms with Gasteiger partial charge in [0.15, 0.2) is 6.29 Å². The molecule has 0 fully saturated rings. The lowest BCUT2D eigenvalue weighted by atomic mass is 10.3. The Morgan fingerprint density at radius 3 is 2.20 bits per heavy atom. The second kappa shape index (κ2) is 5.92. The summed E-state index contributed by atoms with van der Waals surface area (Å²) in [6.45, 7) is 0. The molecule has 0 aromatic heterocycles. The van der Waals surface area contributed by atoms with E-state index in [1.807, 2.05) is 0 Å². The van der Waals surface area contributed by atoms with Crippen molar-refractivity contribution >= 4 is 11.6 Å². The Morgan fingerprint density at radius 1 is 1.40 bits per heavy atom. The van der Waals surface area contributed by atoms with Gasteiger partial charge in [-0.15, -0.1) is 11.6 Å². The van der Waals surface area contributed by atoms with E-state index in [1.165, 1.54) is 14.2 Å². The van der Waals surface area contributed by atoms with Crippen LogP contribution in [0.25, 0.3) is 0 Å². The molecule has 0 aromatic carbocycles. The molecule has 0 heterocycles. The van der Waals surface area contributed by atoms with Crippen LogP contribution in [-0.4, -0.2) is 37.6 Å². The molecule has 4 heteroatoms. The number of hydrogen-bond acceptors (Lipinski definition) is 3. The number of halogens is 1. The molecule has 62 valence electrons. The van der Waals surface area contributed by atoms with Crippen LogP contribution in [0.3, 0.4) is 0 Å². The van der Waals surface area contributed by atoms with Gasteiger partial charge < -0.3 is 14.6 Å². The van der Waals surface area contributed by atoms with Gasteiger partial charge in [0.05, 0.1) is 6.10 Å². The zero-order valence-corrected chi connectivity index (χ0v) is 6.97. The summed E-state index contributed by atoms with van der Waals surface area (Å²) < 4.78 is 9.66. The highest BCUT2D eigenvalue weighted by molar-refractivity contribution is 6.18. The maximum absolute atomic E-state index is 9.00. The van der Waals surface area contributed by atoms with Gasteiger partial charge in [-0.05, 0) is 0 Å². The second-order valence-electron chi connectivity index (χ2n) is 1.94. The minimum Gasteiger partial charge on any atom is -0.392 e. The summed E-state index contributed by atoms with van der Waals surface area (Å²) in [6, 6.07) is 0. The molecule has 0 unspecified atom stereocenters. The minimum absolute atomic E-state index is 0.212. The van der Waals surface area contributed by atoms with Gasteiger partial charge in [-0.25, -0.2) is 0 Å². The van der Waals surface area contributed by atoms with Gasteiger partial charge in [0, 0.05) is 26.5 Å². The van der Waals surface area contributed by atoms with Gasteiger partial charge in [0.25, 0.3) is 0 Å². The molecule has 0 amide bonds. The number of hydrogen-bond donors (Lipinski definition) is 1. The van der Waals surface area contributed by atoms with Crippen molar-refractivity contribution in [3.05, 3.63) is 0 Å². The standard InChI is InChI=1S/C6H13ClO3/c1-9-6(10-2)3-5(8)4-7/h5-6,8H,3-4H2,1-2H3/t5-/m1/s1. The van der Waals surface area contributed by atoms with Crippen LogP contribution >= 0.6 is 11.6 Å². The fourth-order valence-electron chi connectivity index (χ4n) is 0.574. The van der Waals surface area contributed by atoms with Crippen LogP contribution in [0.5, 0.6) is 0 Å². The maximum atomic E-state index is 9.00. The molecule has 0 aromatic rings. The first-order valence-electron chi connectivity index (χ1n) is 3.04. The van der Waals surface area contributed by atoms with E-state index in [0.29, 0.717) is 6.42 Å². The summed E-state index contributed by atoms with van der Waals surface area (Å²) in [5, 5.41) is 9.00. The Kier molecular flexibility index (Phi) is 6.02. The molecule has 1 N–H and O–H groups in total. The molecule has 1 atom stereocenters. The molecule has 0 saturated carbocycles. The van der Waals surface area contributed by atoms with Crippen molar-refractivity contribution in [2.45, 2.75) is 18.8 Å². The van der Waals surface area contributed by atoms with Crippen molar-refractivity contribution in [2.24, 2.45) is 0 Å². The fraction of sp³-hybridized carbons (Fsp3) is 1.00. The predicted octanol–water partition coefficient (Wildman–Crippen LogP) is 0.595. The fourth-order valence-corrected chi connectivity index (χ4v) is 0.700. The van der Waals surface area contributed by atoms with Gasteiger partial charge in [-0.2, -0.15) is 0 Å². The van der Waals surface area contributed by atoms with Crippen LogP contribution in [0.1, 0.15) is 6.42 Å². The van der Waals surface area contributed by atoms with Gasteiger partial charge in [0.2, 0.25) is 0 Å². The molecule has 0 rings (SSSR count). The number of rotatable bonds is 5. The highest BCUT2D eigenvalue weighted by Crippen LogP contribution is 2.03. The Morgan fingerprint density at radius 2 is 1.90 bits per heavy atom. The van der Waals surface area contributed by atoms with Crippen LogP contribution in [0, 0.1) is 0 Å². The Hall–Kier alpha value is 0.170. The average molecular weight is 169 g/mol. The molecule has 3 nitrogen and oxygen atoms in total. The SMILES string of the molecule is COC(C[C@@H](O)CCl)OC. The first kappa shape index (κ1) is 10.2. The lowest BCUT2D eigenvalue weighted by Gasteiger charge is -2.15. The summed E-state index contributed by atoms with van der Waals surface area (Å²) in [5.41, 5.74) is 0. The third-order valence-electron chi connectivity index (χ3n) is 1.17. The molecule has 0 aliphatic carbocycles. The zero-order valence-electron chi connectivity index (χ0n) is 6.21. The lowest BCUT2D eigenvalue weighted by molar-refractivity contribution is -0.120. The van der Waals surface area contributed by atoms with E-state index in [2.05, 4.69) is 0 Å². The average Bonchev–Trinajstić information content (AvgIpc) is 1.99. The topological polar surface area (TPSA) is 38.7 Å². The molecule has 0 bridgehead atoms. The van der Waals surface area contributed by atoms with Crippen molar-refractivity contribution < 1.29 is 14.6 Å². The number of alkyl halides is 1. The first-order valence-corrected chi connectivity index (χ1v) is 3.57. The van der Waals surface area contributed by atoms with E-state index in [1.54, 1.807) is 0 Å². The highest BCUT2D eigenvalue weighted by Gasteiger charge is 2.11. The van der Waals surface area contributed by atoms with Crippen molar-refractivity contribution in [2.75, 3.05) is 20.1 Å². The van der Waals surface area contributed by atoms with Crippen LogP contribution < -0.4 is 0 Å². The number of aliphatic hydroxyl groups is 1. The van der Waals surface area contributed by atoms with E-state index < -0.39 is 6.10 Å². The molecule has 0 aliphatic rings. The molecule has 10 heavy (non-hydrogen) atoms. The van der Waals surface area contributed by atoms with Gasteiger partial charge in [-0.1, -0.05) is 0 Å². The Balaban J connectivity index is 3.41. The van der Waals surface area contributed by atoms with E-state index >= 15 is 0 Å². The third-order valence-corrected chi connectivity index (χ3v) is 1.52. The van der Waals surface area contributed by atoms with Crippen LogP contribution in [-0.2, 0) is 9.47 Å². The molecule has 0 spiro atoms. The van der Waals surface area contributed by atoms with Crippen molar-refractivity contribution in [1.82, 2.24) is 0 Å². The first-order chi connectivity index (χ1) is 4.74. The summed E-state index contributed by atoms with van der Waals surface area (Å²) in [7, 11) is 3.05. The van der Waals surface area contributed by atoms with Crippen LogP contribution in [0.15, 0.2) is 0 Å². The summed E-state index contributed by atoms with van der Waals surface area (Å²) in [5.74, 6) is 0.212. The summed E-state index contributed by atoms with van der Waals surface area (Å²) in [6.07, 6.45) is -0.489. The van der Waals surface area contributed by atoms with Crippen LogP contribution in [0.2, 0.25) is 0 Å². The Labute approximate surface area is 65.9 Å². The van der Waals surface area contributed by atoms with Crippen molar-refractivity contribution in [3.63, 3.8) is 0 Å². The minimum atomic E-state index is -0.549. The highest BCUT2D eigenvalue weighted by atomic mass is 35.5. The third kappa shape index (κ3) is 4.06. The monoisotopic (exact) mass is 168 g/mol. The largest absolute Gasteiger partial charge is 0.392 e. The molecule has 0 radical (unpaired) electrons. The van der Waals surface area contributed by atoms with Crippen molar-refractivity contribution in [1.29, 1.82) is 0 Å². The molecular weight excluding hydrogens is 156 g/mol. The van der Waals surface area contributed by atoms with Gasteiger partial charge >= 0.3 is 0 Å². The van der Waals surface area contributed by atoms with E-state index in [-0.39, 0.29) is 12.2 Å². The number of methoxy groups -OCH3 is 2. The molecule has 0 aliphatic heterocycles. The predicted molar refractivity (Wildman–Crippen MR) is 39.1 cm³/mol. The lowest BCUT2D eigenvalue weighted by Crippen LogP contribution is -2.22. The van der Waals surface area contributed by atoms with Gasteiger partial charge in [0.1, 0.15) is 0 Å². The number of aliphatic hydroxyl groups excluding tert-OH is 1. The van der Waals surface area contributed by atoms with E-state index in [9.17, 15) is 0 Å². The maximum Gasteiger partial charge on any atom is 0.159 e. The zero-order chi connectivity index (χ0) is 7.98. The summed E-state index contributed by atoms with van der Waals surface area (Å²) in [4.78, 5) is 0. The van der Waals surface area contributed by atoms with E-state index in [0.717, 1.165) is 0 Å². The molecule has 0 saturated heterocycles. The van der Waals surface area contributed by atoms with Gasteiger partial charge in [-0.3, -0.25) is 0 Å². The number of ether oxygens (including phenoxy) is 2.